The Balaban J connectivity index is 1.81. The minimum atomic E-state index is -0.553. The maximum atomic E-state index is 12.0. The molecule has 0 atom stereocenters. The Kier molecular flexibility index (Phi) is 4.39. The number of amides is 1. The molecule has 7 nitrogen and oxygen atoms in total. The van der Waals surface area contributed by atoms with Gasteiger partial charge in [0.1, 0.15) is 0 Å². The Hall–Kier alpha value is -3.00. The average Bonchev–Trinajstić information content (AvgIpc) is 2.89. The van der Waals surface area contributed by atoms with Gasteiger partial charge < -0.3 is 9.30 Å². The van der Waals surface area contributed by atoms with Gasteiger partial charge >= 0.3 is 5.69 Å². The van der Waals surface area contributed by atoms with Crippen LogP contribution in [-0.4, -0.2) is 22.0 Å². The maximum Gasteiger partial charge on any atom is 0.310 e. The molecule has 0 saturated heterocycles. The zero-order valence-electron chi connectivity index (χ0n) is 12.7. The van der Waals surface area contributed by atoms with Gasteiger partial charge in [-0.15, -0.1) is 0 Å². The number of hydrogen-bond donors (Lipinski definition) is 0. The highest BCUT2D eigenvalue weighted by Crippen LogP contribution is 2.25. The summed E-state index contributed by atoms with van der Waals surface area (Å²) in [5, 5.41) is 10.9. The SMILES string of the molecule is Cn1c(=NC(=O)COc2ccccc2[N+](=O)[O-])sc2ccccc21. The molecule has 0 fully saturated rings. The van der Waals surface area contributed by atoms with E-state index in [1.54, 1.807) is 6.07 Å². The molecule has 0 spiro atoms. The number of carbonyl (C=O) groups is 1. The molecule has 0 saturated carbocycles. The molecule has 0 aliphatic heterocycles. The first-order valence-electron chi connectivity index (χ1n) is 7.04. The van der Waals surface area contributed by atoms with Gasteiger partial charge in [0.25, 0.3) is 5.91 Å². The van der Waals surface area contributed by atoms with Crippen LogP contribution in [0.15, 0.2) is 53.5 Å². The first-order valence-corrected chi connectivity index (χ1v) is 7.86. The van der Waals surface area contributed by atoms with Crippen molar-refractivity contribution in [2.24, 2.45) is 12.0 Å². The topological polar surface area (TPSA) is 86.7 Å². The van der Waals surface area contributed by atoms with E-state index in [-0.39, 0.29) is 18.0 Å². The number of fused-ring (bicyclic) bond motifs is 1. The molecule has 0 unspecified atom stereocenters. The normalized spacial score (nSPS) is 11.6. The van der Waals surface area contributed by atoms with E-state index in [4.69, 9.17) is 4.74 Å². The minimum absolute atomic E-state index is 0.0479. The fraction of sp³-hybridized carbons (Fsp3) is 0.125. The number of benzene rings is 2. The van der Waals surface area contributed by atoms with Gasteiger partial charge in [-0.3, -0.25) is 14.9 Å². The molecule has 0 bridgehead atoms. The van der Waals surface area contributed by atoms with Gasteiger partial charge in [-0.05, 0) is 18.2 Å². The smallest absolute Gasteiger partial charge is 0.310 e. The largest absolute Gasteiger partial charge is 0.477 e. The fourth-order valence-corrected chi connectivity index (χ4v) is 3.23. The van der Waals surface area contributed by atoms with Crippen LogP contribution in [0.4, 0.5) is 5.69 Å². The number of ether oxygens (including phenoxy) is 1. The third-order valence-corrected chi connectivity index (χ3v) is 4.46. The summed E-state index contributed by atoms with van der Waals surface area (Å²) in [6.45, 7) is -0.362. The van der Waals surface area contributed by atoms with Crippen LogP contribution < -0.4 is 9.54 Å². The number of rotatable bonds is 4. The third kappa shape index (κ3) is 3.18. The van der Waals surface area contributed by atoms with E-state index >= 15 is 0 Å². The number of aryl methyl sites for hydroxylation is 1. The first-order chi connectivity index (χ1) is 11.6. The molecule has 8 heteroatoms. The van der Waals surface area contributed by atoms with Crippen LogP contribution in [0, 0.1) is 10.1 Å². The second-order valence-electron chi connectivity index (χ2n) is 4.93. The van der Waals surface area contributed by atoms with Gasteiger partial charge in [0.05, 0.1) is 15.1 Å². The molecule has 2 aromatic carbocycles. The zero-order valence-corrected chi connectivity index (χ0v) is 13.5. The van der Waals surface area contributed by atoms with Crippen molar-refractivity contribution in [1.82, 2.24) is 4.57 Å². The summed E-state index contributed by atoms with van der Waals surface area (Å²) in [7, 11) is 1.83. The summed E-state index contributed by atoms with van der Waals surface area (Å²) < 4.78 is 8.10. The highest BCUT2D eigenvalue weighted by molar-refractivity contribution is 7.16. The lowest BCUT2D eigenvalue weighted by Crippen LogP contribution is -2.17. The highest BCUT2D eigenvalue weighted by atomic mass is 32.1. The first kappa shape index (κ1) is 15.9. The Morgan fingerprint density at radius 2 is 1.96 bits per heavy atom. The molecule has 1 aromatic heterocycles. The Morgan fingerprint density at radius 3 is 2.71 bits per heavy atom. The second kappa shape index (κ2) is 6.63. The van der Waals surface area contributed by atoms with Crippen molar-refractivity contribution < 1.29 is 14.5 Å². The van der Waals surface area contributed by atoms with Crippen molar-refractivity contribution in [2.45, 2.75) is 0 Å². The summed E-state index contributed by atoms with van der Waals surface area (Å²) in [4.78, 5) is 27.0. The predicted octanol–water partition coefficient (Wildman–Crippen LogP) is 2.65. The zero-order chi connectivity index (χ0) is 17.1. The minimum Gasteiger partial charge on any atom is -0.477 e. The molecular weight excluding hydrogens is 330 g/mol. The summed E-state index contributed by atoms with van der Waals surface area (Å²) in [5.74, 6) is -0.456. The number of nitrogens with zero attached hydrogens (tertiary/aromatic N) is 3. The van der Waals surface area contributed by atoms with E-state index in [2.05, 4.69) is 4.99 Å². The van der Waals surface area contributed by atoms with Gasteiger partial charge in [0.15, 0.2) is 17.2 Å². The van der Waals surface area contributed by atoms with Crippen LogP contribution in [0.2, 0.25) is 0 Å². The van der Waals surface area contributed by atoms with Gasteiger partial charge in [-0.1, -0.05) is 35.6 Å². The molecular formula is C16H13N3O4S. The second-order valence-corrected chi connectivity index (χ2v) is 5.94. The van der Waals surface area contributed by atoms with E-state index in [1.807, 2.05) is 35.9 Å². The molecule has 122 valence electrons. The van der Waals surface area contributed by atoms with Gasteiger partial charge in [0, 0.05) is 13.1 Å². The molecule has 0 N–H and O–H groups in total. The van der Waals surface area contributed by atoms with Gasteiger partial charge in [-0.2, -0.15) is 4.99 Å². The average molecular weight is 343 g/mol. The molecule has 0 radical (unpaired) electrons. The van der Waals surface area contributed by atoms with E-state index in [1.165, 1.54) is 29.5 Å². The van der Waals surface area contributed by atoms with E-state index in [9.17, 15) is 14.9 Å². The molecule has 0 aliphatic carbocycles. The Labute approximate surface area is 140 Å². The lowest BCUT2D eigenvalue weighted by atomic mass is 10.3. The van der Waals surface area contributed by atoms with Crippen LogP contribution in [-0.2, 0) is 11.8 Å². The van der Waals surface area contributed by atoms with E-state index in [0.29, 0.717) is 4.80 Å². The molecule has 1 heterocycles. The van der Waals surface area contributed by atoms with Gasteiger partial charge in [0.2, 0.25) is 0 Å². The monoisotopic (exact) mass is 343 g/mol. The summed E-state index contributed by atoms with van der Waals surface area (Å²) in [6.07, 6.45) is 0. The molecule has 3 rings (SSSR count). The van der Waals surface area contributed by atoms with Crippen molar-refractivity contribution in [1.29, 1.82) is 0 Å². The van der Waals surface area contributed by atoms with Crippen molar-refractivity contribution >= 4 is 33.1 Å². The molecule has 24 heavy (non-hydrogen) atoms. The maximum absolute atomic E-state index is 12.0. The number of carbonyl (C=O) groups excluding carboxylic acids is 1. The standard InChI is InChI=1S/C16H13N3O4S/c1-18-12-7-3-5-9-14(12)24-16(18)17-15(20)10-23-13-8-4-2-6-11(13)19(21)22/h2-9H,10H2,1H3. The third-order valence-electron chi connectivity index (χ3n) is 3.35. The van der Waals surface area contributed by atoms with Crippen molar-refractivity contribution in [2.75, 3.05) is 6.61 Å². The van der Waals surface area contributed by atoms with Crippen LogP contribution in [0.3, 0.4) is 0 Å². The lowest BCUT2D eigenvalue weighted by molar-refractivity contribution is -0.385. The number of thiazole rings is 1. The van der Waals surface area contributed by atoms with E-state index < -0.39 is 10.8 Å². The number of para-hydroxylation sites is 3. The lowest BCUT2D eigenvalue weighted by Gasteiger charge is -2.03. The van der Waals surface area contributed by atoms with Crippen molar-refractivity contribution in [3.8, 4) is 5.75 Å². The van der Waals surface area contributed by atoms with Crippen LogP contribution in [0.5, 0.6) is 5.75 Å². The van der Waals surface area contributed by atoms with Crippen LogP contribution in [0.1, 0.15) is 0 Å². The summed E-state index contributed by atoms with van der Waals surface area (Å²) in [5.41, 5.74) is 0.798. The molecule has 0 aliphatic rings. The van der Waals surface area contributed by atoms with E-state index in [0.717, 1.165) is 10.2 Å². The molecule has 3 aromatic rings. The number of hydrogen-bond acceptors (Lipinski definition) is 5. The molecule has 1 amide bonds. The number of nitro benzene ring substituents is 1. The fourth-order valence-electron chi connectivity index (χ4n) is 2.20. The Bertz CT molecular complexity index is 990. The van der Waals surface area contributed by atoms with Crippen molar-refractivity contribution in [3.05, 3.63) is 63.4 Å². The number of aromatic nitrogens is 1. The predicted molar refractivity (Wildman–Crippen MR) is 90.0 cm³/mol. The van der Waals surface area contributed by atoms with Crippen LogP contribution >= 0.6 is 11.3 Å². The van der Waals surface area contributed by atoms with Crippen molar-refractivity contribution in [3.63, 3.8) is 0 Å². The van der Waals surface area contributed by atoms with Crippen LogP contribution in [0.25, 0.3) is 10.2 Å². The van der Waals surface area contributed by atoms with Gasteiger partial charge in [-0.25, -0.2) is 0 Å². The highest BCUT2D eigenvalue weighted by Gasteiger charge is 2.14. The quantitative estimate of drug-likeness (QED) is 0.538. The number of nitro groups is 1. The summed E-state index contributed by atoms with van der Waals surface area (Å²) in [6, 6.07) is 13.6. The summed E-state index contributed by atoms with van der Waals surface area (Å²) >= 11 is 1.39. The Morgan fingerprint density at radius 1 is 1.25 bits per heavy atom.